The Balaban J connectivity index is 2.08. The largest absolute Gasteiger partial charge is 0.346 e. The molecule has 2 aromatic heterocycles. The highest BCUT2D eigenvalue weighted by atomic mass is 15.1. The van der Waals surface area contributed by atoms with Crippen LogP contribution in [-0.4, -0.2) is 19.9 Å². The molecule has 0 radical (unpaired) electrons. The van der Waals surface area contributed by atoms with Gasteiger partial charge in [0.1, 0.15) is 0 Å². The van der Waals surface area contributed by atoms with Crippen LogP contribution in [0.3, 0.4) is 0 Å². The summed E-state index contributed by atoms with van der Waals surface area (Å²) in [5, 5.41) is 3.13. The van der Waals surface area contributed by atoms with Crippen molar-refractivity contribution in [2.24, 2.45) is 0 Å². The van der Waals surface area contributed by atoms with Crippen LogP contribution in [0.2, 0.25) is 0 Å². The topological polar surface area (TPSA) is 63.6 Å². The Kier molecular flexibility index (Phi) is 2.82. The first-order valence-corrected chi connectivity index (χ1v) is 4.66. The van der Waals surface area contributed by atoms with Crippen LogP contribution in [0.5, 0.6) is 0 Å². The predicted octanol–water partition coefficient (Wildman–Crippen LogP) is 1.44. The maximum Gasteiger partial charge on any atom is 0.223 e. The average Bonchev–Trinajstić information content (AvgIpc) is 2.31. The summed E-state index contributed by atoms with van der Waals surface area (Å²) in [4.78, 5) is 16.3. The summed E-state index contributed by atoms with van der Waals surface area (Å²) in [5.74, 6) is 0.593. The highest BCUT2D eigenvalue weighted by Crippen LogP contribution is 2.11. The second kappa shape index (κ2) is 4.45. The van der Waals surface area contributed by atoms with E-state index in [0.717, 1.165) is 5.69 Å². The molecule has 0 saturated heterocycles. The molecule has 1 atom stereocenters. The highest BCUT2D eigenvalue weighted by molar-refractivity contribution is 5.26. The number of hydrogen-bond acceptors (Lipinski definition) is 5. The lowest BCUT2D eigenvalue weighted by Gasteiger charge is -2.11. The van der Waals surface area contributed by atoms with E-state index in [1.807, 2.05) is 6.92 Å². The average molecular weight is 201 g/mol. The SMILES string of the molecule is C[C@H](Nc1ncccn1)c1cnccn1. The molecule has 0 bridgehead atoms. The highest BCUT2D eigenvalue weighted by Gasteiger charge is 2.06. The van der Waals surface area contributed by atoms with Gasteiger partial charge >= 0.3 is 0 Å². The Labute approximate surface area is 87.6 Å². The van der Waals surface area contributed by atoms with Gasteiger partial charge in [0.05, 0.1) is 17.9 Å². The molecule has 5 nitrogen and oxygen atoms in total. The number of anilines is 1. The lowest BCUT2D eigenvalue weighted by molar-refractivity contribution is 0.811. The van der Waals surface area contributed by atoms with Gasteiger partial charge in [-0.2, -0.15) is 0 Å². The van der Waals surface area contributed by atoms with Crippen LogP contribution in [0, 0.1) is 0 Å². The van der Waals surface area contributed by atoms with Gasteiger partial charge in [0.25, 0.3) is 0 Å². The fourth-order valence-corrected chi connectivity index (χ4v) is 1.18. The van der Waals surface area contributed by atoms with Gasteiger partial charge in [-0.15, -0.1) is 0 Å². The van der Waals surface area contributed by atoms with Crippen molar-refractivity contribution >= 4 is 5.95 Å². The molecule has 0 aliphatic heterocycles. The van der Waals surface area contributed by atoms with Gasteiger partial charge in [0, 0.05) is 24.8 Å². The van der Waals surface area contributed by atoms with Gasteiger partial charge in [-0.3, -0.25) is 9.97 Å². The number of nitrogens with one attached hydrogen (secondary N) is 1. The van der Waals surface area contributed by atoms with E-state index in [1.54, 1.807) is 37.1 Å². The van der Waals surface area contributed by atoms with E-state index in [1.165, 1.54) is 0 Å². The van der Waals surface area contributed by atoms with Crippen LogP contribution in [0.1, 0.15) is 18.7 Å². The Morgan fingerprint density at radius 2 is 1.87 bits per heavy atom. The van der Waals surface area contributed by atoms with Crippen molar-refractivity contribution in [2.75, 3.05) is 5.32 Å². The maximum atomic E-state index is 4.19. The molecule has 15 heavy (non-hydrogen) atoms. The molecule has 0 aliphatic rings. The van der Waals surface area contributed by atoms with Crippen LogP contribution >= 0.6 is 0 Å². The lowest BCUT2D eigenvalue weighted by Crippen LogP contribution is -2.10. The quantitative estimate of drug-likeness (QED) is 0.814. The maximum absolute atomic E-state index is 4.19. The Hall–Kier alpha value is -2.04. The summed E-state index contributed by atoms with van der Waals surface area (Å²) in [6.45, 7) is 1.99. The van der Waals surface area contributed by atoms with E-state index in [2.05, 4.69) is 25.3 Å². The Morgan fingerprint density at radius 3 is 2.53 bits per heavy atom. The zero-order chi connectivity index (χ0) is 10.5. The van der Waals surface area contributed by atoms with Crippen LogP contribution < -0.4 is 5.32 Å². The molecule has 0 aliphatic carbocycles. The minimum atomic E-state index is 0.0427. The van der Waals surface area contributed by atoms with Gasteiger partial charge < -0.3 is 5.32 Å². The number of nitrogens with zero attached hydrogens (tertiary/aromatic N) is 4. The number of aromatic nitrogens is 4. The fourth-order valence-electron chi connectivity index (χ4n) is 1.18. The van der Waals surface area contributed by atoms with Crippen molar-refractivity contribution in [3.8, 4) is 0 Å². The predicted molar refractivity (Wildman–Crippen MR) is 56.1 cm³/mol. The minimum absolute atomic E-state index is 0.0427. The van der Waals surface area contributed by atoms with E-state index in [-0.39, 0.29) is 6.04 Å². The fraction of sp³-hybridized carbons (Fsp3) is 0.200. The van der Waals surface area contributed by atoms with Gasteiger partial charge in [0.2, 0.25) is 5.95 Å². The second-order valence-electron chi connectivity index (χ2n) is 3.07. The zero-order valence-corrected chi connectivity index (χ0v) is 8.33. The molecule has 76 valence electrons. The van der Waals surface area contributed by atoms with Crippen molar-refractivity contribution < 1.29 is 0 Å². The summed E-state index contributed by atoms with van der Waals surface area (Å²) in [5.41, 5.74) is 0.866. The third-order valence-corrected chi connectivity index (χ3v) is 1.94. The number of rotatable bonds is 3. The molecule has 2 rings (SSSR count). The molecule has 5 heteroatoms. The summed E-state index contributed by atoms with van der Waals surface area (Å²) in [6, 6.07) is 1.82. The third-order valence-electron chi connectivity index (χ3n) is 1.94. The molecule has 0 unspecified atom stereocenters. The molecular weight excluding hydrogens is 190 g/mol. The van der Waals surface area contributed by atoms with Gasteiger partial charge in [-0.05, 0) is 13.0 Å². The third kappa shape index (κ3) is 2.46. The zero-order valence-electron chi connectivity index (χ0n) is 8.33. The van der Waals surface area contributed by atoms with E-state index >= 15 is 0 Å². The van der Waals surface area contributed by atoms with Crippen molar-refractivity contribution in [3.05, 3.63) is 42.7 Å². The standard InChI is InChI=1S/C10H11N5/c1-8(9-7-11-5-6-12-9)15-10-13-3-2-4-14-10/h2-8H,1H3,(H,13,14,15)/t8-/m0/s1. The van der Waals surface area contributed by atoms with Crippen LogP contribution in [-0.2, 0) is 0 Å². The summed E-state index contributed by atoms with van der Waals surface area (Å²) in [7, 11) is 0. The molecule has 0 amide bonds. The smallest absolute Gasteiger partial charge is 0.223 e. The van der Waals surface area contributed by atoms with Gasteiger partial charge in [-0.25, -0.2) is 9.97 Å². The van der Waals surface area contributed by atoms with Crippen molar-refractivity contribution in [1.82, 2.24) is 19.9 Å². The van der Waals surface area contributed by atoms with E-state index < -0.39 is 0 Å². The van der Waals surface area contributed by atoms with E-state index in [0.29, 0.717) is 5.95 Å². The van der Waals surface area contributed by atoms with Gasteiger partial charge in [0.15, 0.2) is 0 Å². The molecule has 2 heterocycles. The van der Waals surface area contributed by atoms with Crippen LogP contribution in [0.4, 0.5) is 5.95 Å². The molecule has 0 spiro atoms. The second-order valence-corrected chi connectivity index (χ2v) is 3.07. The summed E-state index contributed by atoms with van der Waals surface area (Å²) in [6.07, 6.45) is 8.42. The van der Waals surface area contributed by atoms with Crippen molar-refractivity contribution in [3.63, 3.8) is 0 Å². The lowest BCUT2D eigenvalue weighted by atomic mass is 10.2. The Morgan fingerprint density at radius 1 is 1.07 bits per heavy atom. The summed E-state index contributed by atoms with van der Waals surface area (Å²) < 4.78 is 0. The number of hydrogen-bond donors (Lipinski definition) is 1. The first kappa shape index (κ1) is 9.51. The molecule has 2 aromatic rings. The first-order valence-electron chi connectivity index (χ1n) is 4.66. The Bertz CT molecular complexity index is 403. The van der Waals surface area contributed by atoms with Crippen molar-refractivity contribution in [1.29, 1.82) is 0 Å². The molecule has 0 aromatic carbocycles. The molecule has 0 fully saturated rings. The van der Waals surface area contributed by atoms with E-state index in [4.69, 9.17) is 0 Å². The normalized spacial score (nSPS) is 12.1. The molecular formula is C10H11N5. The molecule has 1 N–H and O–H groups in total. The van der Waals surface area contributed by atoms with E-state index in [9.17, 15) is 0 Å². The minimum Gasteiger partial charge on any atom is -0.346 e. The van der Waals surface area contributed by atoms with Gasteiger partial charge in [-0.1, -0.05) is 0 Å². The molecule has 0 saturated carbocycles. The first-order chi connectivity index (χ1) is 7.36. The van der Waals surface area contributed by atoms with Crippen LogP contribution in [0.25, 0.3) is 0 Å². The van der Waals surface area contributed by atoms with Crippen molar-refractivity contribution in [2.45, 2.75) is 13.0 Å². The van der Waals surface area contributed by atoms with Crippen LogP contribution in [0.15, 0.2) is 37.1 Å². The summed E-state index contributed by atoms with van der Waals surface area (Å²) >= 11 is 0. The monoisotopic (exact) mass is 201 g/mol.